The molecule has 0 aliphatic rings. The largest absolute Gasteiger partial charge is 0.356 e. The summed E-state index contributed by atoms with van der Waals surface area (Å²) in [6, 6.07) is 13.8. The Morgan fingerprint density at radius 2 is 1.81 bits per heavy atom. The van der Waals surface area contributed by atoms with Gasteiger partial charge in [0, 0.05) is 12.0 Å². The maximum Gasteiger partial charge on any atom is 0.294 e. The average molecular weight is 512 g/mol. The fourth-order valence-corrected chi connectivity index (χ4v) is 4.92. The number of nitrogens with zero attached hydrogens (tertiary/aromatic N) is 4. The first-order valence-electron chi connectivity index (χ1n) is 11.5. The van der Waals surface area contributed by atoms with Crippen molar-refractivity contribution < 1.29 is 17.3 Å². The van der Waals surface area contributed by atoms with Gasteiger partial charge in [0.05, 0.1) is 11.4 Å². The van der Waals surface area contributed by atoms with E-state index < -0.39 is 21.7 Å². The third-order valence-corrected chi connectivity index (χ3v) is 7.06. The van der Waals surface area contributed by atoms with Crippen molar-refractivity contribution in [1.82, 2.24) is 19.9 Å². The number of nitrogens with one attached hydrogen (secondary N) is 1. The van der Waals surface area contributed by atoms with Crippen molar-refractivity contribution in [1.29, 1.82) is 0 Å². The van der Waals surface area contributed by atoms with Crippen molar-refractivity contribution >= 4 is 15.8 Å². The number of aromatic nitrogens is 4. The Hall–Kier alpha value is -3.86. The van der Waals surface area contributed by atoms with Gasteiger partial charge in [0.2, 0.25) is 11.6 Å². The molecule has 4 aromatic rings. The van der Waals surface area contributed by atoms with E-state index in [0.29, 0.717) is 35.6 Å². The monoisotopic (exact) mass is 511 g/mol. The normalized spacial score (nSPS) is 11.6. The van der Waals surface area contributed by atoms with Crippen LogP contribution >= 0.6 is 0 Å². The molecule has 0 atom stereocenters. The maximum atomic E-state index is 14.1. The van der Waals surface area contributed by atoms with Crippen LogP contribution in [0.5, 0.6) is 0 Å². The Morgan fingerprint density at radius 1 is 1.08 bits per heavy atom. The second kappa shape index (κ2) is 10.4. The highest BCUT2D eigenvalue weighted by Crippen LogP contribution is 2.29. The molecule has 0 spiro atoms. The molecule has 4 rings (SSSR count). The summed E-state index contributed by atoms with van der Waals surface area (Å²) in [6.45, 7) is 5.47. The van der Waals surface area contributed by atoms with Crippen LogP contribution in [0.2, 0.25) is 0 Å². The number of rotatable bonds is 9. The molecule has 1 N–H and O–H groups in total. The zero-order valence-electron chi connectivity index (χ0n) is 20.2. The fraction of sp³-hybridized carbons (Fsp3) is 0.280. The van der Waals surface area contributed by atoms with Crippen molar-refractivity contribution in [3.05, 3.63) is 87.5 Å². The van der Waals surface area contributed by atoms with Gasteiger partial charge in [0.25, 0.3) is 15.6 Å². The van der Waals surface area contributed by atoms with Crippen LogP contribution in [0.3, 0.4) is 0 Å². The molecule has 2 aromatic heterocycles. The highest BCUT2D eigenvalue weighted by molar-refractivity contribution is 7.92. The van der Waals surface area contributed by atoms with Crippen molar-refractivity contribution in [3.8, 4) is 11.1 Å². The molecule has 9 nitrogen and oxygen atoms in total. The predicted molar refractivity (Wildman–Crippen MR) is 133 cm³/mol. The minimum atomic E-state index is -4.15. The molecule has 2 aromatic carbocycles. The van der Waals surface area contributed by atoms with Crippen LogP contribution in [-0.4, -0.2) is 28.3 Å². The second-order valence-corrected chi connectivity index (χ2v) is 10.0. The lowest BCUT2D eigenvalue weighted by Gasteiger charge is -2.13. The van der Waals surface area contributed by atoms with Gasteiger partial charge in [-0.1, -0.05) is 61.0 Å². The Kier molecular flexibility index (Phi) is 7.30. The Labute approximate surface area is 208 Å². The van der Waals surface area contributed by atoms with Crippen molar-refractivity contribution in [2.45, 2.75) is 51.5 Å². The number of unbranched alkanes of at least 4 members (excludes halogenated alkanes) is 1. The van der Waals surface area contributed by atoms with Gasteiger partial charge in [-0.2, -0.15) is 14.5 Å². The molecule has 0 saturated heterocycles. The smallest absolute Gasteiger partial charge is 0.294 e. The molecule has 0 aliphatic heterocycles. The SMILES string of the molecule is CCCCc1nc(=O)c(C)nn1Cc1ccc(-c2ccccc2S(=O)(=O)Nc2noc(C)c2F)cc1. The average Bonchev–Trinajstić information content (AvgIpc) is 3.17. The summed E-state index contributed by atoms with van der Waals surface area (Å²) in [5.74, 6) is -0.833. The first-order chi connectivity index (χ1) is 17.2. The number of hydrogen-bond donors (Lipinski definition) is 1. The number of aryl methyl sites for hydroxylation is 3. The Morgan fingerprint density at radius 3 is 2.47 bits per heavy atom. The van der Waals surface area contributed by atoms with Gasteiger partial charge >= 0.3 is 0 Å². The lowest BCUT2D eigenvalue weighted by Crippen LogP contribution is -2.24. The van der Waals surface area contributed by atoms with Crippen molar-refractivity contribution in [3.63, 3.8) is 0 Å². The predicted octanol–water partition coefficient (Wildman–Crippen LogP) is 4.24. The summed E-state index contributed by atoms with van der Waals surface area (Å²) in [6.07, 6.45) is 2.52. The highest BCUT2D eigenvalue weighted by Gasteiger charge is 2.23. The number of benzene rings is 2. The van der Waals surface area contributed by atoms with E-state index in [1.165, 1.54) is 13.0 Å². The van der Waals surface area contributed by atoms with Crippen LogP contribution in [0.1, 0.15) is 42.6 Å². The van der Waals surface area contributed by atoms with Gasteiger partial charge in [-0.3, -0.25) is 9.52 Å². The number of anilines is 1. The van der Waals surface area contributed by atoms with Gasteiger partial charge in [-0.05, 0) is 37.5 Å². The lowest BCUT2D eigenvalue weighted by molar-refractivity contribution is 0.390. The van der Waals surface area contributed by atoms with Crippen LogP contribution in [-0.2, 0) is 23.0 Å². The van der Waals surface area contributed by atoms with Crippen LogP contribution in [0.4, 0.5) is 10.2 Å². The van der Waals surface area contributed by atoms with Gasteiger partial charge in [-0.25, -0.2) is 13.1 Å². The van der Waals surface area contributed by atoms with Gasteiger partial charge in [0.15, 0.2) is 5.76 Å². The zero-order chi connectivity index (χ0) is 25.9. The molecule has 0 amide bonds. The van der Waals surface area contributed by atoms with Crippen molar-refractivity contribution in [2.24, 2.45) is 0 Å². The molecule has 11 heteroatoms. The maximum absolute atomic E-state index is 14.1. The molecule has 0 saturated carbocycles. The lowest BCUT2D eigenvalue weighted by atomic mass is 10.0. The minimum Gasteiger partial charge on any atom is -0.356 e. The van der Waals surface area contributed by atoms with Crippen molar-refractivity contribution in [2.75, 3.05) is 4.72 Å². The number of hydrogen-bond acceptors (Lipinski definition) is 7. The third-order valence-electron chi connectivity index (χ3n) is 5.66. The second-order valence-electron chi connectivity index (χ2n) is 8.38. The molecule has 0 bridgehead atoms. The molecule has 36 heavy (non-hydrogen) atoms. The minimum absolute atomic E-state index is 0.0263. The Bertz CT molecular complexity index is 1550. The summed E-state index contributed by atoms with van der Waals surface area (Å²) in [4.78, 5) is 16.1. The van der Waals surface area contributed by atoms with E-state index in [1.54, 1.807) is 41.9 Å². The molecule has 188 valence electrons. The standard InChI is InChI=1S/C25H26FN5O4S/c1-4-5-10-22-27-25(32)16(2)28-31(22)15-18-11-13-19(14-12-18)20-8-6-7-9-21(20)36(33,34)30-24-23(26)17(3)35-29-24/h6-9,11-14H,4-5,10,15H2,1-3H3,(H,29,30). The van der Waals surface area contributed by atoms with Crippen LogP contribution in [0.25, 0.3) is 11.1 Å². The summed E-state index contributed by atoms with van der Waals surface area (Å²) in [5, 5.41) is 7.85. The first kappa shape index (κ1) is 25.2. The molecule has 0 fully saturated rings. The molecular weight excluding hydrogens is 485 g/mol. The van der Waals surface area contributed by atoms with E-state index in [0.717, 1.165) is 18.4 Å². The van der Waals surface area contributed by atoms with E-state index in [2.05, 4.69) is 26.9 Å². The van der Waals surface area contributed by atoms with Crippen LogP contribution in [0.15, 0.2) is 62.7 Å². The fourth-order valence-electron chi connectivity index (χ4n) is 3.69. The molecular formula is C25H26FN5O4S. The molecule has 0 unspecified atom stereocenters. The van der Waals surface area contributed by atoms with Crippen LogP contribution < -0.4 is 10.3 Å². The zero-order valence-corrected chi connectivity index (χ0v) is 21.0. The van der Waals surface area contributed by atoms with Crippen LogP contribution in [0, 0.1) is 19.7 Å². The number of sulfonamides is 1. The molecule has 0 aliphatic carbocycles. The van der Waals surface area contributed by atoms with Gasteiger partial charge in [-0.15, -0.1) is 0 Å². The van der Waals surface area contributed by atoms with E-state index in [1.807, 2.05) is 12.1 Å². The van der Waals surface area contributed by atoms with E-state index in [4.69, 9.17) is 4.52 Å². The highest BCUT2D eigenvalue weighted by atomic mass is 32.2. The summed E-state index contributed by atoms with van der Waals surface area (Å²) in [5.41, 5.74) is 2.02. The summed E-state index contributed by atoms with van der Waals surface area (Å²) in [7, 11) is -4.15. The quantitative estimate of drug-likeness (QED) is 0.357. The van der Waals surface area contributed by atoms with Gasteiger partial charge in [0.1, 0.15) is 11.5 Å². The van der Waals surface area contributed by atoms with E-state index >= 15 is 0 Å². The third kappa shape index (κ3) is 5.35. The topological polar surface area (TPSA) is 120 Å². The van der Waals surface area contributed by atoms with Gasteiger partial charge < -0.3 is 4.52 Å². The Balaban J connectivity index is 1.62. The summed E-state index contributed by atoms with van der Waals surface area (Å²) >= 11 is 0. The van der Waals surface area contributed by atoms with E-state index in [-0.39, 0.29) is 16.2 Å². The molecule has 0 radical (unpaired) electrons. The van der Waals surface area contributed by atoms with E-state index in [9.17, 15) is 17.6 Å². The first-order valence-corrected chi connectivity index (χ1v) is 13.0. The summed E-state index contributed by atoms with van der Waals surface area (Å²) < 4.78 is 48.8. The number of halogens is 1. The molecule has 2 heterocycles.